The fourth-order valence-corrected chi connectivity index (χ4v) is 7.58. The molecule has 1 aliphatic heterocycles. The summed E-state index contributed by atoms with van der Waals surface area (Å²) < 4.78 is 6.05. The molecule has 2 fully saturated rings. The van der Waals surface area contributed by atoms with Gasteiger partial charge in [0.05, 0.1) is 11.8 Å². The zero-order valence-electron chi connectivity index (χ0n) is 19.3. The molecule has 0 saturated heterocycles. The number of aromatic carboxylic acids is 1. The van der Waals surface area contributed by atoms with Crippen molar-refractivity contribution in [1.82, 2.24) is 0 Å². The molecule has 3 aliphatic rings. The molecular formula is C27H34Br2O3. The fraction of sp³-hybridized carbons (Fsp3) is 0.593. The number of carbonyl (C=O) groups is 1. The van der Waals surface area contributed by atoms with E-state index in [1.807, 2.05) is 6.26 Å². The zero-order valence-corrected chi connectivity index (χ0v) is 22.5. The molecule has 2 unspecified atom stereocenters. The summed E-state index contributed by atoms with van der Waals surface area (Å²) in [5.41, 5.74) is 4.33. The molecule has 174 valence electrons. The fourth-order valence-electron chi connectivity index (χ4n) is 6.26. The summed E-state index contributed by atoms with van der Waals surface area (Å²) in [6.45, 7) is 11.6. The van der Waals surface area contributed by atoms with E-state index >= 15 is 0 Å². The van der Waals surface area contributed by atoms with E-state index in [1.54, 1.807) is 18.2 Å². The molecule has 5 heteroatoms. The van der Waals surface area contributed by atoms with E-state index in [0.717, 1.165) is 56.3 Å². The predicted octanol–water partition coefficient (Wildman–Crippen LogP) is 7.92. The molecule has 1 aromatic rings. The molecular weight excluding hydrogens is 532 g/mol. The van der Waals surface area contributed by atoms with Crippen LogP contribution in [0.4, 0.5) is 0 Å². The van der Waals surface area contributed by atoms with Crippen molar-refractivity contribution in [3.8, 4) is 5.75 Å². The Morgan fingerprint density at radius 1 is 1.19 bits per heavy atom. The van der Waals surface area contributed by atoms with Crippen molar-refractivity contribution in [1.29, 1.82) is 0 Å². The number of fused-ring (bicyclic) bond motifs is 2. The standard InChI is InChI=1S/C27H34Br2O3/c1-16-5-9-23(28)26(2,3)20(16)11-12-27(4)21-14-19-13-17(25(30)31)6-8-22(19)32-15-18(21)7-10-24(27)29/h6,8,13,15,20-21,23-24H,1,5,7,9-12,14H2,2-4H3,(H,30,31)/t20?,21-,23?,24+,27+/m1/s1. The molecule has 0 amide bonds. The number of hydrogen-bond donors (Lipinski definition) is 1. The van der Waals surface area contributed by atoms with Gasteiger partial charge in [0, 0.05) is 9.65 Å². The molecule has 2 aliphatic carbocycles. The van der Waals surface area contributed by atoms with Crippen LogP contribution in [0.5, 0.6) is 5.75 Å². The van der Waals surface area contributed by atoms with E-state index in [9.17, 15) is 9.90 Å². The van der Waals surface area contributed by atoms with Gasteiger partial charge in [-0.05, 0) is 96.9 Å². The molecule has 4 rings (SSSR count). The maximum Gasteiger partial charge on any atom is 0.335 e. The lowest BCUT2D eigenvalue weighted by atomic mass is 9.58. The van der Waals surface area contributed by atoms with E-state index in [2.05, 4.69) is 59.2 Å². The summed E-state index contributed by atoms with van der Waals surface area (Å²) in [5, 5.41) is 9.48. The van der Waals surface area contributed by atoms with E-state index < -0.39 is 5.97 Å². The van der Waals surface area contributed by atoms with Gasteiger partial charge in [0.2, 0.25) is 0 Å². The lowest BCUT2D eigenvalue weighted by Gasteiger charge is -2.49. The first-order valence-corrected chi connectivity index (χ1v) is 13.5. The Balaban J connectivity index is 1.63. The van der Waals surface area contributed by atoms with Gasteiger partial charge in [-0.25, -0.2) is 4.79 Å². The van der Waals surface area contributed by atoms with Crippen molar-refractivity contribution >= 4 is 37.8 Å². The maximum absolute atomic E-state index is 11.6. The highest BCUT2D eigenvalue weighted by molar-refractivity contribution is 9.09. The van der Waals surface area contributed by atoms with E-state index in [1.165, 1.54) is 11.1 Å². The molecule has 1 heterocycles. The number of ether oxygens (including phenoxy) is 1. The second-order valence-electron chi connectivity index (χ2n) is 10.8. The van der Waals surface area contributed by atoms with E-state index in [-0.39, 0.29) is 10.8 Å². The summed E-state index contributed by atoms with van der Waals surface area (Å²) in [6, 6.07) is 5.24. The van der Waals surface area contributed by atoms with Crippen LogP contribution in [0.15, 0.2) is 42.2 Å². The van der Waals surface area contributed by atoms with Crippen LogP contribution in [0.3, 0.4) is 0 Å². The van der Waals surface area contributed by atoms with Crippen molar-refractivity contribution in [3.05, 3.63) is 53.3 Å². The topological polar surface area (TPSA) is 46.5 Å². The van der Waals surface area contributed by atoms with Crippen LogP contribution >= 0.6 is 31.9 Å². The quantitative estimate of drug-likeness (QED) is 0.298. The van der Waals surface area contributed by atoms with Gasteiger partial charge in [-0.1, -0.05) is 64.8 Å². The van der Waals surface area contributed by atoms with Crippen molar-refractivity contribution in [2.75, 3.05) is 0 Å². The second-order valence-corrected chi connectivity index (χ2v) is 13.0. The van der Waals surface area contributed by atoms with Crippen LogP contribution in [-0.4, -0.2) is 20.7 Å². The molecule has 0 radical (unpaired) electrons. The highest BCUT2D eigenvalue weighted by Gasteiger charge is 2.48. The van der Waals surface area contributed by atoms with Crippen LogP contribution < -0.4 is 4.74 Å². The zero-order chi connectivity index (χ0) is 23.3. The Kier molecular flexibility index (Phi) is 6.72. The minimum Gasteiger partial charge on any atom is -0.478 e. The average molecular weight is 566 g/mol. The van der Waals surface area contributed by atoms with Crippen molar-refractivity contribution in [3.63, 3.8) is 0 Å². The Labute approximate surface area is 209 Å². The number of hydrogen-bond acceptors (Lipinski definition) is 2. The Bertz CT molecular complexity index is 950. The Morgan fingerprint density at radius 3 is 2.62 bits per heavy atom. The Morgan fingerprint density at radius 2 is 1.91 bits per heavy atom. The normalized spacial score (nSPS) is 33.9. The molecule has 5 atom stereocenters. The number of benzene rings is 1. The minimum absolute atomic E-state index is 0.0594. The van der Waals surface area contributed by atoms with Crippen molar-refractivity contribution in [2.45, 2.75) is 75.4 Å². The molecule has 0 aromatic heterocycles. The van der Waals surface area contributed by atoms with Gasteiger partial charge in [-0.3, -0.25) is 0 Å². The molecule has 32 heavy (non-hydrogen) atoms. The van der Waals surface area contributed by atoms with E-state index in [0.29, 0.717) is 27.1 Å². The highest BCUT2D eigenvalue weighted by Crippen LogP contribution is 2.56. The van der Waals surface area contributed by atoms with Gasteiger partial charge in [0.25, 0.3) is 0 Å². The van der Waals surface area contributed by atoms with Gasteiger partial charge in [-0.15, -0.1) is 0 Å². The Hall–Kier alpha value is -1.07. The summed E-state index contributed by atoms with van der Waals surface area (Å²) >= 11 is 8.01. The number of carboxylic acid groups (broad SMARTS) is 1. The summed E-state index contributed by atoms with van der Waals surface area (Å²) in [4.78, 5) is 12.5. The number of carboxylic acids is 1. The van der Waals surface area contributed by atoms with Crippen LogP contribution in [-0.2, 0) is 6.42 Å². The van der Waals surface area contributed by atoms with E-state index in [4.69, 9.17) is 4.74 Å². The first-order valence-electron chi connectivity index (χ1n) is 11.7. The molecule has 0 spiro atoms. The lowest BCUT2D eigenvalue weighted by molar-refractivity contribution is 0.0696. The molecule has 3 nitrogen and oxygen atoms in total. The summed E-state index contributed by atoms with van der Waals surface area (Å²) in [5.74, 6) is 0.719. The average Bonchev–Trinajstić information content (AvgIpc) is 2.93. The third-order valence-corrected chi connectivity index (χ3v) is 11.7. The van der Waals surface area contributed by atoms with Crippen LogP contribution in [0, 0.1) is 22.7 Å². The predicted molar refractivity (Wildman–Crippen MR) is 137 cm³/mol. The van der Waals surface area contributed by atoms with Crippen LogP contribution in [0.1, 0.15) is 75.2 Å². The third kappa shape index (κ3) is 4.24. The monoisotopic (exact) mass is 564 g/mol. The van der Waals surface area contributed by atoms with Gasteiger partial charge >= 0.3 is 5.97 Å². The van der Waals surface area contributed by atoms with Gasteiger partial charge in [0.15, 0.2) is 0 Å². The number of halogens is 2. The number of allylic oxidation sites excluding steroid dienone is 2. The summed E-state index contributed by atoms with van der Waals surface area (Å²) in [7, 11) is 0. The second kappa shape index (κ2) is 8.94. The van der Waals surface area contributed by atoms with Gasteiger partial charge in [0.1, 0.15) is 5.75 Å². The smallest absolute Gasteiger partial charge is 0.335 e. The minimum atomic E-state index is -0.891. The molecule has 0 bridgehead atoms. The van der Waals surface area contributed by atoms with Crippen molar-refractivity contribution in [2.24, 2.45) is 22.7 Å². The van der Waals surface area contributed by atoms with Gasteiger partial charge < -0.3 is 9.84 Å². The number of rotatable bonds is 4. The number of alkyl halides is 2. The largest absolute Gasteiger partial charge is 0.478 e. The molecule has 1 N–H and O–H groups in total. The van der Waals surface area contributed by atoms with Crippen LogP contribution in [0.25, 0.3) is 0 Å². The highest BCUT2D eigenvalue weighted by atomic mass is 79.9. The third-order valence-electron chi connectivity index (χ3n) is 8.60. The first kappa shape index (κ1) is 24.1. The van der Waals surface area contributed by atoms with Crippen molar-refractivity contribution < 1.29 is 14.6 Å². The van der Waals surface area contributed by atoms with Crippen LogP contribution in [0.2, 0.25) is 0 Å². The summed E-state index contributed by atoms with van der Waals surface area (Å²) in [6.07, 6.45) is 9.37. The maximum atomic E-state index is 11.6. The first-order chi connectivity index (χ1) is 15.0. The lowest BCUT2D eigenvalue weighted by Crippen LogP contribution is -2.44. The SMILES string of the molecule is C=C1CCC(Br)C(C)(C)C1CC[C@@]1(C)[C@@H]2Cc3cc(C(=O)O)ccc3OC=C2CC[C@@H]1Br. The van der Waals surface area contributed by atoms with Gasteiger partial charge in [-0.2, -0.15) is 0 Å². The molecule has 2 saturated carbocycles. The molecule has 1 aromatic carbocycles.